The molecule has 5 rings (SSSR count). The van der Waals surface area contributed by atoms with Crippen molar-refractivity contribution in [3.63, 3.8) is 0 Å². The van der Waals surface area contributed by atoms with E-state index in [4.69, 9.17) is 13.9 Å². The summed E-state index contributed by atoms with van der Waals surface area (Å²) in [7, 11) is 3.10. The molecule has 0 spiro atoms. The van der Waals surface area contributed by atoms with Crippen LogP contribution >= 0.6 is 0 Å². The van der Waals surface area contributed by atoms with Crippen LogP contribution in [0.4, 0.5) is 10.5 Å². The summed E-state index contributed by atoms with van der Waals surface area (Å²) < 4.78 is 16.4. The monoisotopic (exact) mass is 613 g/mol. The van der Waals surface area contributed by atoms with Gasteiger partial charge in [-0.15, -0.1) is 0 Å². The van der Waals surface area contributed by atoms with Gasteiger partial charge in [0.05, 0.1) is 7.11 Å². The van der Waals surface area contributed by atoms with E-state index in [1.807, 2.05) is 55.1 Å². The first kappa shape index (κ1) is 32.0. The Morgan fingerprint density at radius 2 is 1.82 bits per heavy atom. The molecule has 0 bridgehead atoms. The summed E-state index contributed by atoms with van der Waals surface area (Å²) in [4.78, 5) is 37.2. The molecule has 10 heteroatoms. The zero-order valence-electron chi connectivity index (χ0n) is 26.6. The number of amides is 2. The Balaban J connectivity index is 1.32. The topological polar surface area (TPSA) is 131 Å². The molecule has 0 aliphatic heterocycles. The van der Waals surface area contributed by atoms with Gasteiger partial charge in [0.25, 0.3) is 0 Å². The van der Waals surface area contributed by atoms with E-state index in [-0.39, 0.29) is 29.8 Å². The Hall–Kier alpha value is -4.39. The average Bonchev–Trinajstić information content (AvgIpc) is 3.58. The zero-order chi connectivity index (χ0) is 31.9. The van der Waals surface area contributed by atoms with Crippen LogP contribution in [0.2, 0.25) is 0 Å². The average molecular weight is 614 g/mol. The predicted molar refractivity (Wildman–Crippen MR) is 170 cm³/mol. The number of hydrogen-bond acceptors (Lipinski definition) is 8. The summed E-state index contributed by atoms with van der Waals surface area (Å²) in [5.74, 6) is 1.93. The highest BCUT2D eigenvalue weighted by atomic mass is 16.6. The van der Waals surface area contributed by atoms with Crippen molar-refractivity contribution < 1.29 is 23.5 Å². The van der Waals surface area contributed by atoms with Crippen LogP contribution < -0.4 is 15.0 Å². The minimum Gasteiger partial charge on any atom is -0.494 e. The lowest BCUT2D eigenvalue weighted by atomic mass is 9.79. The van der Waals surface area contributed by atoms with Crippen molar-refractivity contribution >= 4 is 17.7 Å². The quantitative estimate of drug-likeness (QED) is 0.274. The second kappa shape index (κ2) is 14.6. The van der Waals surface area contributed by atoms with E-state index >= 15 is 0 Å². The van der Waals surface area contributed by atoms with Gasteiger partial charge in [-0.3, -0.25) is 4.79 Å². The number of carbonyl (C=O) groups is 2. The minimum atomic E-state index is -0.430. The first-order valence-corrected chi connectivity index (χ1v) is 16.0. The largest absolute Gasteiger partial charge is 0.494 e. The molecule has 2 aromatic heterocycles. The zero-order valence-corrected chi connectivity index (χ0v) is 26.6. The maximum Gasteiger partial charge on any atom is 0.407 e. The number of aromatic nitrogens is 2. The van der Waals surface area contributed by atoms with Crippen LogP contribution in [0.1, 0.15) is 94.3 Å². The molecule has 0 unspecified atom stereocenters. The van der Waals surface area contributed by atoms with Gasteiger partial charge in [0.1, 0.15) is 24.1 Å². The number of oxazole rings is 1. The van der Waals surface area contributed by atoms with Crippen LogP contribution in [0, 0.1) is 23.2 Å². The van der Waals surface area contributed by atoms with Crippen molar-refractivity contribution in [3.05, 3.63) is 59.9 Å². The van der Waals surface area contributed by atoms with Crippen LogP contribution in [-0.2, 0) is 9.53 Å². The summed E-state index contributed by atoms with van der Waals surface area (Å²) in [5.41, 5.74) is 3.76. The Kier molecular flexibility index (Phi) is 10.4. The van der Waals surface area contributed by atoms with Crippen molar-refractivity contribution in [3.8, 4) is 23.1 Å². The minimum absolute atomic E-state index is 0.117. The Morgan fingerprint density at radius 1 is 1.07 bits per heavy atom. The number of nitrogens with zero attached hydrogens (tertiary/aromatic N) is 4. The summed E-state index contributed by atoms with van der Waals surface area (Å²) in [6.45, 7) is 4.71. The number of alkyl carbamates (subject to hydrolysis) is 1. The maximum atomic E-state index is 14.2. The Bertz CT molecular complexity index is 1510. The third kappa shape index (κ3) is 7.64. The molecule has 2 aliphatic rings. The predicted octanol–water partition coefficient (Wildman–Crippen LogP) is 6.96. The number of anilines is 1. The van der Waals surface area contributed by atoms with Gasteiger partial charge in [0, 0.05) is 48.3 Å². The molecule has 1 N–H and O–H groups in total. The van der Waals surface area contributed by atoms with Gasteiger partial charge in [0.15, 0.2) is 17.3 Å². The molecule has 0 radical (unpaired) electrons. The maximum absolute atomic E-state index is 14.2. The molecule has 10 nitrogen and oxygen atoms in total. The smallest absolute Gasteiger partial charge is 0.407 e. The van der Waals surface area contributed by atoms with Gasteiger partial charge in [-0.05, 0) is 81.5 Å². The summed E-state index contributed by atoms with van der Waals surface area (Å²) >= 11 is 0. The lowest BCUT2D eigenvalue weighted by molar-refractivity contribution is -0.124. The molecule has 1 aromatic carbocycles. The van der Waals surface area contributed by atoms with E-state index in [9.17, 15) is 14.9 Å². The molecular weight excluding hydrogens is 570 g/mol. The Morgan fingerprint density at radius 3 is 2.47 bits per heavy atom. The lowest BCUT2D eigenvalue weighted by Crippen LogP contribution is -2.42. The molecule has 0 atom stereocenters. The number of rotatable bonds is 9. The summed E-state index contributed by atoms with van der Waals surface area (Å²) in [5, 5.41) is 12.0. The molecule has 2 fully saturated rings. The number of nitriles is 1. The SMILES string of the molecule is CNC(=O)O[C@H]1CC[C@H](C(=O)N(C[C@H]2CC[C@H](c3ccc(OC)c(C#N)n3)CC2)c2cccc(-c3coc(C(C)C)n3)c2)CC1. The third-order valence-corrected chi connectivity index (χ3v) is 9.15. The van der Waals surface area contributed by atoms with Crippen LogP contribution in [0.5, 0.6) is 5.75 Å². The van der Waals surface area contributed by atoms with Gasteiger partial charge in [-0.25, -0.2) is 14.8 Å². The van der Waals surface area contributed by atoms with Crippen molar-refractivity contribution in [2.75, 3.05) is 25.6 Å². The van der Waals surface area contributed by atoms with Gasteiger partial charge >= 0.3 is 6.09 Å². The molecule has 2 aliphatic carbocycles. The van der Waals surface area contributed by atoms with E-state index in [0.29, 0.717) is 55.5 Å². The molecule has 2 amide bonds. The van der Waals surface area contributed by atoms with Crippen molar-refractivity contribution in [2.45, 2.75) is 83.2 Å². The number of carbonyl (C=O) groups excluding carboxylic acids is 2. The first-order valence-electron chi connectivity index (χ1n) is 16.0. The highest BCUT2D eigenvalue weighted by molar-refractivity contribution is 5.95. The number of pyridine rings is 1. The highest BCUT2D eigenvalue weighted by Crippen LogP contribution is 2.38. The molecule has 238 valence electrons. The number of nitrogens with one attached hydrogen (secondary N) is 1. The Labute approximate surface area is 265 Å². The molecular formula is C35H43N5O5. The standard InChI is InChI=1S/C35H43N5O5/c1-22(2)33-39-31(21-44-33)26-6-5-7-27(18-26)40(34(41)25-12-14-28(15-13-25)45-35(42)37-3)20-23-8-10-24(11-9-23)29-16-17-32(43-4)30(19-36)38-29/h5-7,16-18,21-25,28H,8-15,20H2,1-4H3,(H,37,42)/t23-,24-,25-,28-. The molecule has 2 saturated carbocycles. The number of hydrogen-bond donors (Lipinski definition) is 1. The van der Waals surface area contributed by atoms with Gasteiger partial charge < -0.3 is 24.1 Å². The molecule has 3 aromatic rings. The molecule has 45 heavy (non-hydrogen) atoms. The second-order valence-corrected chi connectivity index (χ2v) is 12.5. The van der Waals surface area contributed by atoms with Crippen molar-refractivity contribution in [2.24, 2.45) is 11.8 Å². The van der Waals surface area contributed by atoms with Crippen molar-refractivity contribution in [1.29, 1.82) is 5.26 Å². The van der Waals surface area contributed by atoms with E-state index in [2.05, 4.69) is 21.4 Å². The van der Waals surface area contributed by atoms with Gasteiger partial charge in [-0.1, -0.05) is 26.0 Å². The fraction of sp³-hybridized carbons (Fsp3) is 0.514. The van der Waals surface area contributed by atoms with E-state index in [1.165, 1.54) is 0 Å². The fourth-order valence-corrected chi connectivity index (χ4v) is 6.53. The number of ether oxygens (including phenoxy) is 2. The van der Waals surface area contributed by atoms with Crippen molar-refractivity contribution in [1.82, 2.24) is 15.3 Å². The fourth-order valence-electron chi connectivity index (χ4n) is 6.53. The first-order chi connectivity index (χ1) is 21.8. The normalized spacial score (nSPS) is 21.5. The van der Waals surface area contributed by atoms with Crippen LogP contribution in [0.3, 0.4) is 0 Å². The van der Waals surface area contributed by atoms with E-state index < -0.39 is 6.09 Å². The van der Waals surface area contributed by atoms with E-state index in [0.717, 1.165) is 48.3 Å². The summed E-state index contributed by atoms with van der Waals surface area (Å²) in [6.07, 6.45) is 7.56. The third-order valence-electron chi connectivity index (χ3n) is 9.15. The van der Waals surface area contributed by atoms with Crippen LogP contribution in [0.15, 0.2) is 47.1 Å². The second-order valence-electron chi connectivity index (χ2n) is 12.5. The highest BCUT2D eigenvalue weighted by Gasteiger charge is 2.34. The van der Waals surface area contributed by atoms with Crippen LogP contribution in [0.25, 0.3) is 11.3 Å². The molecule has 2 heterocycles. The lowest BCUT2D eigenvalue weighted by Gasteiger charge is -2.36. The number of methoxy groups -OCH3 is 1. The van der Waals surface area contributed by atoms with Gasteiger partial charge in [0.2, 0.25) is 5.91 Å². The number of benzene rings is 1. The van der Waals surface area contributed by atoms with Crippen LogP contribution in [-0.4, -0.2) is 48.8 Å². The van der Waals surface area contributed by atoms with Gasteiger partial charge in [-0.2, -0.15) is 5.26 Å². The van der Waals surface area contributed by atoms with E-state index in [1.54, 1.807) is 20.4 Å². The summed E-state index contributed by atoms with van der Waals surface area (Å²) in [6, 6.07) is 13.9. The molecule has 0 saturated heterocycles.